The van der Waals surface area contributed by atoms with Gasteiger partial charge >= 0.3 is 0 Å². The van der Waals surface area contributed by atoms with Gasteiger partial charge in [0.1, 0.15) is 0 Å². The maximum Gasteiger partial charge on any atom is 0.0645 e. The molecule has 0 atom stereocenters. The second-order valence-electron chi connectivity index (χ2n) is 6.86. The average Bonchev–Trinajstić information content (AvgIpc) is 2.33. The fraction of sp³-hybridized carbons (Fsp3) is 1.00. The Balaban J connectivity index is 1.95. The molecule has 0 radical (unpaired) electrons. The molecule has 0 spiro atoms. The summed E-state index contributed by atoms with van der Waals surface area (Å²) >= 11 is 0. The first-order valence-corrected chi connectivity index (χ1v) is 8.06. The van der Waals surface area contributed by atoms with Crippen LogP contribution in [0.5, 0.6) is 0 Å². The number of morpholine rings is 1. The molecule has 3 heteroatoms. The highest BCUT2D eigenvalue weighted by Gasteiger charge is 2.29. The van der Waals surface area contributed by atoms with Crippen LogP contribution in [0.25, 0.3) is 0 Å². The Kier molecular flexibility index (Phi) is 7.96. The number of hydrogen-bond acceptors (Lipinski definition) is 3. The highest BCUT2D eigenvalue weighted by Crippen LogP contribution is 2.19. The molecule has 0 amide bonds. The van der Waals surface area contributed by atoms with Crippen LogP contribution in [0, 0.1) is 5.92 Å². The molecule has 1 rings (SSSR count). The average molecular weight is 270 g/mol. The van der Waals surface area contributed by atoms with Gasteiger partial charge in [-0.3, -0.25) is 4.90 Å². The topological polar surface area (TPSA) is 24.5 Å². The van der Waals surface area contributed by atoms with Crippen molar-refractivity contribution in [3.05, 3.63) is 0 Å². The minimum atomic E-state index is 0.233. The van der Waals surface area contributed by atoms with Crippen LogP contribution in [0.4, 0.5) is 0 Å². The van der Waals surface area contributed by atoms with Gasteiger partial charge in [-0.1, -0.05) is 26.7 Å². The van der Waals surface area contributed by atoms with E-state index in [1.807, 2.05) is 0 Å². The summed E-state index contributed by atoms with van der Waals surface area (Å²) in [5.74, 6) is 0.767. The summed E-state index contributed by atoms with van der Waals surface area (Å²) in [5, 5.41) is 3.51. The van der Waals surface area contributed by atoms with Crippen LogP contribution in [-0.4, -0.2) is 49.8 Å². The van der Waals surface area contributed by atoms with Crippen LogP contribution in [0.2, 0.25) is 0 Å². The van der Waals surface area contributed by atoms with Crippen molar-refractivity contribution in [2.24, 2.45) is 5.92 Å². The molecule has 1 aliphatic heterocycles. The summed E-state index contributed by atoms with van der Waals surface area (Å²) in [6.07, 6.45) is 5.36. The zero-order chi connectivity index (χ0) is 14.1. The van der Waals surface area contributed by atoms with E-state index in [4.69, 9.17) is 4.74 Å². The largest absolute Gasteiger partial charge is 0.378 e. The molecule has 1 heterocycles. The summed E-state index contributed by atoms with van der Waals surface area (Å²) in [5.41, 5.74) is 0.233. The molecule has 0 aromatic carbocycles. The van der Waals surface area contributed by atoms with Crippen LogP contribution in [0.1, 0.15) is 53.4 Å². The lowest BCUT2D eigenvalue weighted by molar-refractivity contribution is -0.0513. The smallest absolute Gasteiger partial charge is 0.0645 e. The lowest BCUT2D eigenvalue weighted by Crippen LogP contribution is -2.53. The quantitative estimate of drug-likeness (QED) is 0.652. The van der Waals surface area contributed by atoms with Gasteiger partial charge in [0.25, 0.3) is 0 Å². The molecule has 1 aliphatic rings. The standard InChI is InChI=1S/C16H34N2O/c1-15(2)13-17-9-7-5-6-8-10-18-11-12-19-14-16(18,3)4/h15,17H,5-14H2,1-4H3. The lowest BCUT2D eigenvalue weighted by atomic mass is 10.0. The molecule has 1 saturated heterocycles. The normalized spacial score (nSPS) is 20.1. The molecule has 0 aromatic rings. The molecule has 19 heavy (non-hydrogen) atoms. The fourth-order valence-corrected chi connectivity index (χ4v) is 2.60. The Bertz CT molecular complexity index is 229. The third-order valence-corrected chi connectivity index (χ3v) is 3.90. The van der Waals surface area contributed by atoms with Crippen molar-refractivity contribution in [3.63, 3.8) is 0 Å². The number of ether oxygens (including phenoxy) is 1. The van der Waals surface area contributed by atoms with Crippen molar-refractivity contribution in [1.82, 2.24) is 10.2 Å². The van der Waals surface area contributed by atoms with Crippen LogP contribution < -0.4 is 5.32 Å². The van der Waals surface area contributed by atoms with E-state index in [0.717, 1.165) is 32.2 Å². The Morgan fingerprint density at radius 3 is 2.58 bits per heavy atom. The molecule has 0 saturated carbocycles. The fourth-order valence-electron chi connectivity index (χ4n) is 2.60. The first-order valence-electron chi connectivity index (χ1n) is 8.06. The predicted octanol–water partition coefficient (Wildman–Crippen LogP) is 2.90. The maximum absolute atomic E-state index is 5.56. The minimum absolute atomic E-state index is 0.233. The van der Waals surface area contributed by atoms with Crippen LogP contribution >= 0.6 is 0 Å². The van der Waals surface area contributed by atoms with Gasteiger partial charge < -0.3 is 10.1 Å². The first kappa shape index (κ1) is 16.9. The number of rotatable bonds is 9. The van der Waals surface area contributed by atoms with Gasteiger partial charge in [-0.25, -0.2) is 0 Å². The van der Waals surface area contributed by atoms with Crippen LogP contribution in [0.15, 0.2) is 0 Å². The van der Waals surface area contributed by atoms with E-state index in [-0.39, 0.29) is 5.54 Å². The number of nitrogens with zero attached hydrogens (tertiary/aromatic N) is 1. The second kappa shape index (κ2) is 8.93. The van der Waals surface area contributed by atoms with Gasteiger partial charge in [0, 0.05) is 12.1 Å². The maximum atomic E-state index is 5.56. The third kappa shape index (κ3) is 7.28. The molecule has 3 nitrogen and oxygen atoms in total. The van der Waals surface area contributed by atoms with Gasteiger partial charge in [-0.05, 0) is 52.2 Å². The van der Waals surface area contributed by atoms with E-state index in [2.05, 4.69) is 37.9 Å². The van der Waals surface area contributed by atoms with Crippen LogP contribution in [-0.2, 0) is 4.74 Å². The van der Waals surface area contributed by atoms with Gasteiger partial charge in [0.05, 0.1) is 13.2 Å². The summed E-state index contributed by atoms with van der Waals surface area (Å²) in [6.45, 7) is 15.6. The molecule has 0 aromatic heterocycles. The summed E-state index contributed by atoms with van der Waals surface area (Å²) in [6, 6.07) is 0. The van der Waals surface area contributed by atoms with Crippen LogP contribution in [0.3, 0.4) is 0 Å². The number of hydrogen-bond donors (Lipinski definition) is 1. The summed E-state index contributed by atoms with van der Waals surface area (Å²) < 4.78 is 5.56. The van der Waals surface area contributed by atoms with Gasteiger partial charge in [0.15, 0.2) is 0 Å². The van der Waals surface area contributed by atoms with E-state index in [0.29, 0.717) is 0 Å². The molecule has 0 unspecified atom stereocenters. The van der Waals surface area contributed by atoms with Crippen molar-refractivity contribution in [2.75, 3.05) is 39.4 Å². The van der Waals surface area contributed by atoms with Crippen molar-refractivity contribution in [2.45, 2.75) is 58.9 Å². The van der Waals surface area contributed by atoms with Gasteiger partial charge in [-0.2, -0.15) is 0 Å². The Hall–Kier alpha value is -0.120. The lowest BCUT2D eigenvalue weighted by Gasteiger charge is -2.42. The van der Waals surface area contributed by atoms with Crippen molar-refractivity contribution < 1.29 is 4.74 Å². The number of nitrogens with one attached hydrogen (secondary N) is 1. The number of unbranched alkanes of at least 4 members (excludes halogenated alkanes) is 3. The van der Waals surface area contributed by atoms with Crippen molar-refractivity contribution >= 4 is 0 Å². The molecule has 1 N–H and O–H groups in total. The highest BCUT2D eigenvalue weighted by molar-refractivity contribution is 4.84. The van der Waals surface area contributed by atoms with E-state index in [1.165, 1.54) is 38.8 Å². The molecule has 1 fully saturated rings. The molecular weight excluding hydrogens is 236 g/mol. The van der Waals surface area contributed by atoms with Crippen molar-refractivity contribution in [1.29, 1.82) is 0 Å². The molecule has 0 bridgehead atoms. The molecule has 114 valence electrons. The summed E-state index contributed by atoms with van der Waals surface area (Å²) in [7, 11) is 0. The SMILES string of the molecule is CC(C)CNCCCCCCN1CCOCC1(C)C. The van der Waals surface area contributed by atoms with Crippen molar-refractivity contribution in [3.8, 4) is 0 Å². The molecule has 0 aliphatic carbocycles. The second-order valence-corrected chi connectivity index (χ2v) is 6.86. The molecular formula is C16H34N2O. The van der Waals surface area contributed by atoms with E-state index in [9.17, 15) is 0 Å². The Morgan fingerprint density at radius 2 is 1.89 bits per heavy atom. The minimum Gasteiger partial charge on any atom is -0.378 e. The van der Waals surface area contributed by atoms with Gasteiger partial charge in [0.2, 0.25) is 0 Å². The van der Waals surface area contributed by atoms with E-state index >= 15 is 0 Å². The highest BCUT2D eigenvalue weighted by atomic mass is 16.5. The Labute approximate surface area is 120 Å². The predicted molar refractivity (Wildman–Crippen MR) is 82.6 cm³/mol. The monoisotopic (exact) mass is 270 g/mol. The van der Waals surface area contributed by atoms with E-state index < -0.39 is 0 Å². The summed E-state index contributed by atoms with van der Waals surface area (Å²) in [4.78, 5) is 2.59. The Morgan fingerprint density at radius 1 is 1.16 bits per heavy atom. The zero-order valence-electron chi connectivity index (χ0n) is 13.5. The third-order valence-electron chi connectivity index (χ3n) is 3.90. The van der Waals surface area contributed by atoms with E-state index in [1.54, 1.807) is 0 Å². The first-order chi connectivity index (χ1) is 9.02. The zero-order valence-corrected chi connectivity index (χ0v) is 13.5. The van der Waals surface area contributed by atoms with Gasteiger partial charge in [-0.15, -0.1) is 0 Å².